The third kappa shape index (κ3) is 8.76. The van der Waals surface area contributed by atoms with Gasteiger partial charge >= 0.3 is 11.9 Å². The van der Waals surface area contributed by atoms with Crippen LogP contribution in [-0.4, -0.2) is 45.2 Å². The largest absolute Gasteiger partial charge is 0.467 e. The molecule has 0 saturated heterocycles. The summed E-state index contributed by atoms with van der Waals surface area (Å²) in [6.45, 7) is 31.3. The summed E-state index contributed by atoms with van der Waals surface area (Å²) in [5.74, 6) is 1.91. The Bertz CT molecular complexity index is 1890. The standard InChI is InChI=1S/C20H25N3O3.C19H23N3O3/c1-7-16-18(26-15-12-10-14(21-6)11-13-15)17(8-2)23(22-16)20(4,5)19(24)25-9-3;1-7-15-17(25-14-11-9-13(20-5)10-12-14)16(8-2)22(21-15)19(3,4)18(23)24-6/h10-13H,7-9H2,1-5H3;9-12H,7-8H2,1-4,6H3. The maximum absolute atomic E-state index is 12.4. The van der Waals surface area contributed by atoms with Crippen LogP contribution < -0.4 is 9.47 Å². The Morgan fingerprint density at radius 1 is 0.647 bits per heavy atom. The van der Waals surface area contributed by atoms with Gasteiger partial charge < -0.3 is 18.9 Å². The second-order valence-corrected chi connectivity index (χ2v) is 12.4. The number of hydrogen-bond donors (Lipinski definition) is 0. The molecule has 0 aliphatic carbocycles. The zero-order chi connectivity index (χ0) is 37.9. The summed E-state index contributed by atoms with van der Waals surface area (Å²) in [4.78, 5) is 31.4. The molecule has 0 spiro atoms. The van der Waals surface area contributed by atoms with E-state index in [2.05, 4.69) is 19.9 Å². The lowest BCUT2D eigenvalue weighted by Crippen LogP contribution is -2.39. The minimum atomic E-state index is -0.931. The van der Waals surface area contributed by atoms with Gasteiger partial charge in [-0.1, -0.05) is 52.0 Å². The second-order valence-electron chi connectivity index (χ2n) is 12.4. The van der Waals surface area contributed by atoms with Crippen LogP contribution in [0.25, 0.3) is 9.69 Å². The quantitative estimate of drug-likeness (QED) is 0.101. The fourth-order valence-corrected chi connectivity index (χ4v) is 5.37. The number of hydrogen-bond acceptors (Lipinski definition) is 8. The summed E-state index contributed by atoms with van der Waals surface area (Å²) in [6, 6.07) is 13.9. The van der Waals surface area contributed by atoms with E-state index in [-0.39, 0.29) is 11.9 Å². The summed E-state index contributed by atoms with van der Waals surface area (Å²) >= 11 is 0. The first-order valence-electron chi connectivity index (χ1n) is 17.1. The van der Waals surface area contributed by atoms with Crippen LogP contribution in [0, 0.1) is 13.1 Å². The van der Waals surface area contributed by atoms with Crippen molar-refractivity contribution in [3.8, 4) is 23.0 Å². The molecule has 0 radical (unpaired) electrons. The van der Waals surface area contributed by atoms with Gasteiger partial charge in [0.2, 0.25) is 0 Å². The zero-order valence-electron chi connectivity index (χ0n) is 31.3. The molecule has 0 aliphatic rings. The third-order valence-corrected chi connectivity index (χ3v) is 8.23. The van der Waals surface area contributed by atoms with Crippen LogP contribution in [0.5, 0.6) is 23.0 Å². The van der Waals surface area contributed by atoms with E-state index in [0.717, 1.165) is 22.8 Å². The average molecular weight is 697 g/mol. The number of aryl methyl sites for hydroxylation is 2. The van der Waals surface area contributed by atoms with Gasteiger partial charge in [-0.15, -0.1) is 0 Å². The number of carbonyl (C=O) groups excluding carboxylic acids is 2. The van der Waals surface area contributed by atoms with Gasteiger partial charge in [0.25, 0.3) is 0 Å². The van der Waals surface area contributed by atoms with Gasteiger partial charge in [0.1, 0.15) is 22.9 Å². The molecule has 4 aromatic rings. The minimum Gasteiger partial charge on any atom is -0.467 e. The number of methoxy groups -OCH3 is 1. The van der Waals surface area contributed by atoms with Gasteiger partial charge in [-0.3, -0.25) is 0 Å². The molecule has 2 aromatic heterocycles. The number of carbonyl (C=O) groups is 2. The Morgan fingerprint density at radius 3 is 1.31 bits per heavy atom. The molecule has 0 atom stereocenters. The molecule has 0 amide bonds. The van der Waals surface area contributed by atoms with Crippen molar-refractivity contribution in [2.24, 2.45) is 0 Å². The lowest BCUT2D eigenvalue weighted by molar-refractivity contribution is -0.153. The summed E-state index contributed by atoms with van der Waals surface area (Å²) in [5.41, 5.74) is 2.50. The van der Waals surface area contributed by atoms with E-state index >= 15 is 0 Å². The second kappa shape index (κ2) is 17.3. The van der Waals surface area contributed by atoms with E-state index < -0.39 is 11.1 Å². The monoisotopic (exact) mass is 696 g/mol. The number of ether oxygens (including phenoxy) is 4. The Hall–Kier alpha value is -5.62. The van der Waals surface area contributed by atoms with Crippen molar-refractivity contribution in [2.45, 2.75) is 99.1 Å². The highest BCUT2D eigenvalue weighted by Crippen LogP contribution is 2.36. The topological polar surface area (TPSA) is 115 Å². The molecular formula is C39H48N6O6. The Labute approximate surface area is 300 Å². The Kier molecular flexibility index (Phi) is 13.5. The molecule has 0 fully saturated rings. The van der Waals surface area contributed by atoms with E-state index in [1.807, 2.05) is 27.7 Å². The number of rotatable bonds is 13. The third-order valence-electron chi connectivity index (χ3n) is 8.23. The fraction of sp³-hybridized carbons (Fsp3) is 0.436. The van der Waals surface area contributed by atoms with Crippen LogP contribution in [0.3, 0.4) is 0 Å². The molecule has 0 saturated carbocycles. The fourth-order valence-electron chi connectivity index (χ4n) is 5.37. The minimum absolute atomic E-state index is 0.322. The number of nitrogens with zero attached hydrogens (tertiary/aromatic N) is 6. The Morgan fingerprint density at radius 2 is 1.02 bits per heavy atom. The molecule has 0 unspecified atom stereocenters. The van der Waals surface area contributed by atoms with Crippen molar-refractivity contribution in [2.75, 3.05) is 13.7 Å². The molecule has 2 heterocycles. The first-order chi connectivity index (χ1) is 24.3. The highest BCUT2D eigenvalue weighted by atomic mass is 16.5. The zero-order valence-corrected chi connectivity index (χ0v) is 31.3. The first-order valence-corrected chi connectivity index (χ1v) is 17.1. The highest BCUT2D eigenvalue weighted by molar-refractivity contribution is 5.78. The average Bonchev–Trinajstić information content (AvgIpc) is 3.69. The summed E-state index contributed by atoms with van der Waals surface area (Å²) in [7, 11) is 1.37. The maximum atomic E-state index is 12.4. The van der Waals surface area contributed by atoms with Crippen LogP contribution in [0.2, 0.25) is 0 Å². The molecule has 270 valence electrons. The molecule has 2 aromatic carbocycles. The van der Waals surface area contributed by atoms with Crippen molar-refractivity contribution in [1.29, 1.82) is 0 Å². The molecule has 0 N–H and O–H groups in total. The van der Waals surface area contributed by atoms with Crippen molar-refractivity contribution in [3.05, 3.63) is 94.1 Å². The van der Waals surface area contributed by atoms with Crippen LogP contribution in [-0.2, 0) is 55.8 Å². The van der Waals surface area contributed by atoms with Gasteiger partial charge in [0.15, 0.2) is 34.0 Å². The molecule has 51 heavy (non-hydrogen) atoms. The van der Waals surface area contributed by atoms with E-state index in [0.29, 0.717) is 66.7 Å². The summed E-state index contributed by atoms with van der Waals surface area (Å²) < 4.78 is 25.7. The van der Waals surface area contributed by atoms with Gasteiger partial charge in [0, 0.05) is 0 Å². The lowest BCUT2D eigenvalue weighted by Gasteiger charge is -2.25. The molecule has 0 bridgehead atoms. The van der Waals surface area contributed by atoms with Gasteiger partial charge in [0.05, 0.1) is 38.2 Å². The molecule has 0 aliphatic heterocycles. The normalized spacial score (nSPS) is 11.1. The van der Waals surface area contributed by atoms with E-state index in [1.54, 1.807) is 92.5 Å². The number of aromatic nitrogens is 4. The van der Waals surface area contributed by atoms with Crippen LogP contribution in [0.4, 0.5) is 11.4 Å². The predicted molar refractivity (Wildman–Crippen MR) is 195 cm³/mol. The highest BCUT2D eigenvalue weighted by Gasteiger charge is 2.37. The SMILES string of the molecule is [C-]#[N+]c1ccc(Oc2c(CC)nn(C(C)(C)C(=O)OC)c2CC)cc1.[C-]#[N+]c1ccc(Oc2c(CC)nn(C(C)(C)C(=O)OCC)c2CC)cc1. The van der Waals surface area contributed by atoms with Crippen LogP contribution >= 0.6 is 0 Å². The lowest BCUT2D eigenvalue weighted by atomic mass is 10.1. The summed E-state index contributed by atoms with van der Waals surface area (Å²) in [6.07, 6.45) is 2.66. The van der Waals surface area contributed by atoms with Crippen molar-refractivity contribution in [1.82, 2.24) is 19.6 Å². The molecule has 12 heteroatoms. The smallest absolute Gasteiger partial charge is 0.333 e. The van der Waals surface area contributed by atoms with E-state index in [4.69, 9.17) is 32.1 Å². The molecule has 4 rings (SSSR count). The Balaban J connectivity index is 0.000000276. The van der Waals surface area contributed by atoms with Crippen molar-refractivity contribution < 1.29 is 28.5 Å². The molecule has 12 nitrogen and oxygen atoms in total. The maximum Gasteiger partial charge on any atom is 0.333 e. The molecular weight excluding hydrogens is 648 g/mol. The van der Waals surface area contributed by atoms with Crippen LogP contribution in [0.15, 0.2) is 48.5 Å². The van der Waals surface area contributed by atoms with Gasteiger partial charge in [-0.25, -0.2) is 28.6 Å². The van der Waals surface area contributed by atoms with Crippen LogP contribution in [0.1, 0.15) is 85.1 Å². The van der Waals surface area contributed by atoms with Crippen molar-refractivity contribution in [3.63, 3.8) is 0 Å². The van der Waals surface area contributed by atoms with Crippen molar-refractivity contribution >= 4 is 23.3 Å². The number of esters is 2. The predicted octanol–water partition coefficient (Wildman–Crippen LogP) is 8.91. The van der Waals surface area contributed by atoms with Gasteiger partial charge in [-0.2, -0.15) is 10.2 Å². The first kappa shape index (κ1) is 39.8. The van der Waals surface area contributed by atoms with Gasteiger partial charge in [-0.05, 0) is 84.6 Å². The summed E-state index contributed by atoms with van der Waals surface area (Å²) in [5, 5.41) is 9.26. The van der Waals surface area contributed by atoms with E-state index in [1.165, 1.54) is 7.11 Å². The van der Waals surface area contributed by atoms with E-state index in [9.17, 15) is 9.59 Å². The number of benzene rings is 2.